The molecule has 3 aliphatic carbocycles. The van der Waals surface area contributed by atoms with Crippen LogP contribution in [0.25, 0.3) is 0 Å². The minimum absolute atomic E-state index is 0. The molecule has 1 aromatic rings. The van der Waals surface area contributed by atoms with E-state index in [1.165, 1.54) is 5.56 Å². The van der Waals surface area contributed by atoms with Crippen molar-refractivity contribution >= 4 is 32.7 Å². The highest BCUT2D eigenvalue weighted by atomic mass is 79.9. The lowest BCUT2D eigenvalue weighted by molar-refractivity contribution is -0.0468. The number of halogens is 3. The highest BCUT2D eigenvalue weighted by molar-refractivity contribution is 8.93. The summed E-state index contributed by atoms with van der Waals surface area (Å²) in [6.45, 7) is 5.52. The molecule has 4 fully saturated rings. The quantitative estimate of drug-likeness (QED) is 0.414. The fourth-order valence-electron chi connectivity index (χ4n) is 6.65. The van der Waals surface area contributed by atoms with E-state index in [1.807, 2.05) is 12.1 Å². The first-order valence-electron chi connectivity index (χ1n) is 12.5. The Labute approximate surface area is 207 Å². The Hall–Kier alpha value is -0.730. The molecule has 4 nitrogen and oxygen atoms in total. The Morgan fingerprint density at radius 1 is 1.09 bits per heavy atom. The van der Waals surface area contributed by atoms with Gasteiger partial charge in [-0.2, -0.15) is 0 Å². The first kappa shape index (κ1) is 25.4. The Bertz CT molecular complexity index is 931. The molecule has 1 heterocycles. The number of anilines is 1. The lowest BCUT2D eigenvalue weighted by atomic mass is 9.84. The standard InChI is InChI=1S/C25H36F2N2O2S.BrH/c1-2-25(19-6-3-7-20(15-19)28-32(30,31)21-8-9-21)22-16-29(17-23(22)25)14-4-5-18-10-12-24(26,27)13-11-18;/h3,6-7,15,18,21-23,28H,2,4-5,8-14,16-17H2,1H3;1H/t22-,23+,25?;. The van der Waals surface area contributed by atoms with E-state index < -0.39 is 15.9 Å². The van der Waals surface area contributed by atoms with Crippen molar-refractivity contribution in [1.82, 2.24) is 4.90 Å². The zero-order valence-corrected chi connectivity index (χ0v) is 22.0. The van der Waals surface area contributed by atoms with E-state index in [0.717, 1.165) is 51.7 Å². The molecule has 0 bridgehead atoms. The summed E-state index contributed by atoms with van der Waals surface area (Å²) in [4.78, 5) is 2.56. The van der Waals surface area contributed by atoms with Gasteiger partial charge in [0.1, 0.15) is 0 Å². The van der Waals surface area contributed by atoms with Crippen LogP contribution in [0.5, 0.6) is 0 Å². The van der Waals surface area contributed by atoms with Gasteiger partial charge in [0.05, 0.1) is 5.25 Å². The van der Waals surface area contributed by atoms with Gasteiger partial charge in [-0.15, -0.1) is 17.0 Å². The van der Waals surface area contributed by atoms with Gasteiger partial charge in [-0.1, -0.05) is 19.1 Å². The van der Waals surface area contributed by atoms with Crippen molar-refractivity contribution < 1.29 is 17.2 Å². The van der Waals surface area contributed by atoms with Crippen molar-refractivity contribution in [1.29, 1.82) is 0 Å². The first-order chi connectivity index (χ1) is 15.2. The molecule has 33 heavy (non-hydrogen) atoms. The van der Waals surface area contributed by atoms with E-state index in [9.17, 15) is 17.2 Å². The van der Waals surface area contributed by atoms with Crippen LogP contribution in [0.2, 0.25) is 0 Å². The molecule has 0 amide bonds. The maximum Gasteiger partial charge on any atom is 0.248 e. The van der Waals surface area contributed by atoms with Crippen LogP contribution in [0.4, 0.5) is 14.5 Å². The van der Waals surface area contributed by atoms with Crippen molar-refractivity contribution in [2.24, 2.45) is 17.8 Å². The van der Waals surface area contributed by atoms with E-state index in [0.29, 0.717) is 36.3 Å². The fourth-order valence-corrected chi connectivity index (χ4v) is 8.02. The molecule has 5 rings (SSSR count). The summed E-state index contributed by atoms with van der Waals surface area (Å²) in [6, 6.07) is 8.07. The summed E-state index contributed by atoms with van der Waals surface area (Å²) in [6.07, 6.45) is 6.28. The Kier molecular flexibility index (Phi) is 7.21. The molecule has 1 aliphatic heterocycles. The molecule has 0 spiro atoms. The van der Waals surface area contributed by atoms with Crippen molar-refractivity contribution in [3.05, 3.63) is 29.8 Å². The smallest absolute Gasteiger partial charge is 0.248 e. The van der Waals surface area contributed by atoms with Gasteiger partial charge in [0, 0.05) is 37.0 Å². The van der Waals surface area contributed by atoms with Crippen LogP contribution in [0.15, 0.2) is 24.3 Å². The zero-order chi connectivity index (χ0) is 22.6. The van der Waals surface area contributed by atoms with E-state index in [1.54, 1.807) is 0 Å². The van der Waals surface area contributed by atoms with E-state index in [-0.39, 0.29) is 40.5 Å². The number of nitrogens with one attached hydrogen (secondary N) is 1. The monoisotopic (exact) mass is 546 g/mol. The number of nitrogens with zero attached hydrogens (tertiary/aromatic N) is 1. The number of rotatable bonds is 9. The van der Waals surface area contributed by atoms with E-state index in [2.05, 4.69) is 28.7 Å². The minimum Gasteiger partial charge on any atom is -0.303 e. The van der Waals surface area contributed by atoms with Crippen LogP contribution in [0.1, 0.15) is 70.3 Å². The summed E-state index contributed by atoms with van der Waals surface area (Å²) in [5.41, 5.74) is 2.14. The van der Waals surface area contributed by atoms with Crippen molar-refractivity contribution in [3.8, 4) is 0 Å². The van der Waals surface area contributed by atoms with Crippen LogP contribution >= 0.6 is 17.0 Å². The first-order valence-corrected chi connectivity index (χ1v) is 14.0. The van der Waals surface area contributed by atoms with Crippen molar-refractivity contribution in [2.75, 3.05) is 24.4 Å². The topological polar surface area (TPSA) is 49.4 Å². The molecule has 0 radical (unpaired) electrons. The highest BCUT2D eigenvalue weighted by Gasteiger charge is 2.67. The van der Waals surface area contributed by atoms with Gasteiger partial charge in [-0.25, -0.2) is 17.2 Å². The molecular weight excluding hydrogens is 510 g/mol. The van der Waals surface area contributed by atoms with Gasteiger partial charge in [-0.05, 0) is 86.9 Å². The van der Waals surface area contributed by atoms with Gasteiger partial charge in [0.25, 0.3) is 0 Å². The van der Waals surface area contributed by atoms with Gasteiger partial charge in [0.15, 0.2) is 0 Å². The van der Waals surface area contributed by atoms with Gasteiger partial charge in [0.2, 0.25) is 15.9 Å². The lowest BCUT2D eigenvalue weighted by Gasteiger charge is -2.29. The molecule has 1 unspecified atom stereocenters. The van der Waals surface area contributed by atoms with Crippen molar-refractivity contribution in [2.45, 2.75) is 81.3 Å². The molecule has 3 saturated carbocycles. The van der Waals surface area contributed by atoms with Crippen LogP contribution in [0.3, 0.4) is 0 Å². The molecule has 4 aliphatic rings. The molecule has 1 aromatic carbocycles. The minimum atomic E-state index is -3.24. The van der Waals surface area contributed by atoms with Gasteiger partial charge >= 0.3 is 0 Å². The molecule has 1 N–H and O–H groups in total. The summed E-state index contributed by atoms with van der Waals surface area (Å²) < 4.78 is 54.2. The number of piperidine rings is 1. The summed E-state index contributed by atoms with van der Waals surface area (Å²) in [5.74, 6) is -0.679. The third-order valence-corrected chi connectivity index (χ3v) is 10.6. The van der Waals surface area contributed by atoms with Crippen LogP contribution in [-0.4, -0.2) is 44.1 Å². The average molecular weight is 548 g/mol. The normalized spacial score (nSPS) is 31.6. The second-order valence-electron chi connectivity index (χ2n) is 10.7. The second kappa shape index (κ2) is 9.38. The molecule has 1 saturated heterocycles. The Morgan fingerprint density at radius 2 is 1.76 bits per heavy atom. The number of sulfonamides is 1. The molecule has 0 aromatic heterocycles. The number of benzene rings is 1. The highest BCUT2D eigenvalue weighted by Crippen LogP contribution is 2.65. The fraction of sp³-hybridized carbons (Fsp3) is 0.760. The summed E-state index contributed by atoms with van der Waals surface area (Å²) in [5, 5.41) is -0.217. The maximum absolute atomic E-state index is 13.3. The number of hydrogen-bond acceptors (Lipinski definition) is 3. The largest absolute Gasteiger partial charge is 0.303 e. The van der Waals surface area contributed by atoms with Crippen molar-refractivity contribution in [3.63, 3.8) is 0 Å². The lowest BCUT2D eigenvalue weighted by Crippen LogP contribution is -2.31. The number of likely N-dealkylation sites (tertiary alicyclic amines) is 1. The van der Waals surface area contributed by atoms with Crippen LogP contribution < -0.4 is 4.72 Å². The number of fused-ring (bicyclic) bond motifs is 1. The molecule has 8 heteroatoms. The zero-order valence-electron chi connectivity index (χ0n) is 19.4. The van der Waals surface area contributed by atoms with Crippen LogP contribution in [0, 0.1) is 17.8 Å². The molecular formula is C25H37BrF2N2O2S. The van der Waals surface area contributed by atoms with Gasteiger partial charge < -0.3 is 4.90 Å². The Balaban J connectivity index is 0.00000259. The summed E-state index contributed by atoms with van der Waals surface area (Å²) >= 11 is 0. The van der Waals surface area contributed by atoms with Gasteiger partial charge in [-0.3, -0.25) is 4.72 Å². The third-order valence-electron chi connectivity index (χ3n) is 8.74. The maximum atomic E-state index is 13.3. The predicted molar refractivity (Wildman–Crippen MR) is 134 cm³/mol. The number of alkyl halides is 2. The Morgan fingerprint density at radius 3 is 2.36 bits per heavy atom. The average Bonchev–Trinajstić information content (AvgIpc) is 3.66. The second-order valence-corrected chi connectivity index (χ2v) is 12.7. The van der Waals surface area contributed by atoms with E-state index in [4.69, 9.17) is 0 Å². The van der Waals surface area contributed by atoms with E-state index >= 15 is 0 Å². The number of hydrogen-bond donors (Lipinski definition) is 1. The SMILES string of the molecule is Br.CCC1(c2cccc(NS(=O)(=O)C3CC3)c2)[C@@H]2CN(CCCC3CCC(F)(F)CC3)C[C@@H]21. The molecule has 186 valence electrons. The molecule has 3 atom stereocenters. The third kappa shape index (κ3) is 5.13. The van der Waals surface area contributed by atoms with Crippen LogP contribution in [-0.2, 0) is 15.4 Å². The summed E-state index contributed by atoms with van der Waals surface area (Å²) in [7, 11) is -3.24. The predicted octanol–water partition coefficient (Wildman–Crippen LogP) is 5.98.